The standard InChI is InChI=1S/C26H26N2O2/c1-17-6-4-7-22(14-17)26(30)28-13-5-8-20-16-21(10-12-24(20)28)25(29)27-23-11-9-18(2)19(3)15-23/h4,6-7,9-12,14-16H,5,8,13H2,1-3H3,(H,27,29). The topological polar surface area (TPSA) is 49.4 Å². The van der Waals surface area contributed by atoms with Crippen LogP contribution in [0.2, 0.25) is 0 Å². The Kier molecular flexibility index (Phi) is 5.40. The van der Waals surface area contributed by atoms with E-state index in [1.165, 1.54) is 5.56 Å². The summed E-state index contributed by atoms with van der Waals surface area (Å²) in [6.45, 7) is 6.76. The van der Waals surface area contributed by atoms with E-state index in [2.05, 4.69) is 5.32 Å². The summed E-state index contributed by atoms with van der Waals surface area (Å²) in [6, 6.07) is 19.2. The Bertz CT molecular complexity index is 1130. The van der Waals surface area contributed by atoms with Crippen LogP contribution in [0.15, 0.2) is 60.7 Å². The summed E-state index contributed by atoms with van der Waals surface area (Å²) in [6.07, 6.45) is 1.74. The molecule has 2 amide bonds. The minimum atomic E-state index is -0.136. The van der Waals surface area contributed by atoms with Crippen LogP contribution >= 0.6 is 0 Å². The number of nitrogens with one attached hydrogen (secondary N) is 1. The highest BCUT2D eigenvalue weighted by atomic mass is 16.2. The van der Waals surface area contributed by atoms with Gasteiger partial charge in [0.2, 0.25) is 0 Å². The number of rotatable bonds is 3. The Hall–Kier alpha value is -3.40. The third-order valence-corrected chi connectivity index (χ3v) is 5.74. The minimum Gasteiger partial charge on any atom is -0.322 e. The van der Waals surface area contributed by atoms with Crippen molar-refractivity contribution >= 4 is 23.2 Å². The van der Waals surface area contributed by atoms with Gasteiger partial charge < -0.3 is 10.2 Å². The second kappa shape index (κ2) is 8.15. The number of anilines is 2. The van der Waals surface area contributed by atoms with Crippen molar-refractivity contribution in [1.29, 1.82) is 0 Å². The van der Waals surface area contributed by atoms with Crippen LogP contribution in [0.3, 0.4) is 0 Å². The molecule has 152 valence electrons. The van der Waals surface area contributed by atoms with Crippen molar-refractivity contribution < 1.29 is 9.59 Å². The van der Waals surface area contributed by atoms with Crippen molar-refractivity contribution in [3.8, 4) is 0 Å². The first-order valence-corrected chi connectivity index (χ1v) is 10.3. The van der Waals surface area contributed by atoms with Gasteiger partial charge in [0.1, 0.15) is 0 Å². The minimum absolute atomic E-state index is 0.00646. The fraction of sp³-hybridized carbons (Fsp3) is 0.231. The molecule has 0 atom stereocenters. The lowest BCUT2D eigenvalue weighted by atomic mass is 9.98. The van der Waals surface area contributed by atoms with Gasteiger partial charge >= 0.3 is 0 Å². The van der Waals surface area contributed by atoms with Gasteiger partial charge in [-0.3, -0.25) is 9.59 Å². The molecule has 0 spiro atoms. The van der Waals surface area contributed by atoms with E-state index in [0.29, 0.717) is 17.7 Å². The van der Waals surface area contributed by atoms with E-state index in [4.69, 9.17) is 0 Å². The number of amides is 2. The summed E-state index contributed by atoms with van der Waals surface area (Å²) < 4.78 is 0. The van der Waals surface area contributed by atoms with Gasteiger partial charge in [-0.2, -0.15) is 0 Å². The van der Waals surface area contributed by atoms with Gasteiger partial charge in [0.05, 0.1) is 0 Å². The summed E-state index contributed by atoms with van der Waals surface area (Å²) in [5.74, 6) is -0.129. The van der Waals surface area contributed by atoms with Gasteiger partial charge in [-0.15, -0.1) is 0 Å². The van der Waals surface area contributed by atoms with Crippen LogP contribution in [0.1, 0.15) is 49.4 Å². The second-order valence-electron chi connectivity index (χ2n) is 8.03. The monoisotopic (exact) mass is 398 g/mol. The first-order valence-electron chi connectivity index (χ1n) is 10.3. The Morgan fingerprint density at radius 3 is 2.47 bits per heavy atom. The molecule has 0 aliphatic carbocycles. The van der Waals surface area contributed by atoms with E-state index in [1.54, 1.807) is 6.07 Å². The van der Waals surface area contributed by atoms with Gasteiger partial charge in [0.25, 0.3) is 11.8 Å². The number of aryl methyl sites for hydroxylation is 4. The summed E-state index contributed by atoms with van der Waals surface area (Å²) in [5, 5.41) is 2.98. The summed E-state index contributed by atoms with van der Waals surface area (Å²) >= 11 is 0. The first-order chi connectivity index (χ1) is 14.4. The first kappa shape index (κ1) is 19.9. The van der Waals surface area contributed by atoms with Crippen molar-refractivity contribution in [2.24, 2.45) is 0 Å². The van der Waals surface area contributed by atoms with E-state index in [1.807, 2.05) is 80.3 Å². The molecular formula is C26H26N2O2. The number of fused-ring (bicyclic) bond motifs is 1. The lowest BCUT2D eigenvalue weighted by Crippen LogP contribution is -2.35. The van der Waals surface area contributed by atoms with Crippen molar-refractivity contribution in [3.05, 3.63) is 94.0 Å². The van der Waals surface area contributed by atoms with Crippen LogP contribution < -0.4 is 10.2 Å². The van der Waals surface area contributed by atoms with Crippen LogP contribution in [-0.4, -0.2) is 18.4 Å². The molecule has 3 aromatic carbocycles. The highest BCUT2D eigenvalue weighted by Crippen LogP contribution is 2.30. The van der Waals surface area contributed by atoms with Gasteiger partial charge in [0, 0.05) is 29.0 Å². The smallest absolute Gasteiger partial charge is 0.258 e. The zero-order valence-electron chi connectivity index (χ0n) is 17.7. The molecule has 3 aromatic rings. The SMILES string of the molecule is Cc1cccc(C(=O)N2CCCc3cc(C(=O)Nc4ccc(C)c(C)c4)ccc32)c1. The van der Waals surface area contributed by atoms with Crippen molar-refractivity contribution in [2.75, 3.05) is 16.8 Å². The van der Waals surface area contributed by atoms with Crippen molar-refractivity contribution in [1.82, 2.24) is 0 Å². The molecule has 1 aliphatic rings. The fourth-order valence-corrected chi connectivity index (χ4v) is 3.91. The Labute approximate surface area is 177 Å². The predicted octanol–water partition coefficient (Wildman–Crippen LogP) is 5.46. The zero-order valence-corrected chi connectivity index (χ0v) is 17.7. The molecule has 1 aliphatic heterocycles. The molecule has 0 radical (unpaired) electrons. The molecule has 4 nitrogen and oxygen atoms in total. The molecule has 4 rings (SSSR count). The number of carbonyl (C=O) groups is 2. The molecular weight excluding hydrogens is 372 g/mol. The largest absolute Gasteiger partial charge is 0.322 e. The van der Waals surface area contributed by atoms with E-state index in [-0.39, 0.29) is 11.8 Å². The van der Waals surface area contributed by atoms with Gasteiger partial charge in [-0.25, -0.2) is 0 Å². The fourth-order valence-electron chi connectivity index (χ4n) is 3.91. The number of nitrogens with zero attached hydrogens (tertiary/aromatic N) is 1. The average Bonchev–Trinajstić information content (AvgIpc) is 2.75. The maximum absolute atomic E-state index is 13.1. The van der Waals surface area contributed by atoms with E-state index >= 15 is 0 Å². The second-order valence-corrected chi connectivity index (χ2v) is 8.03. The average molecular weight is 399 g/mol. The quantitative estimate of drug-likeness (QED) is 0.637. The Morgan fingerprint density at radius 1 is 0.867 bits per heavy atom. The molecule has 1 N–H and O–H groups in total. The Balaban J connectivity index is 1.57. The normalized spacial score (nSPS) is 13.0. The molecule has 0 bridgehead atoms. The highest BCUT2D eigenvalue weighted by Gasteiger charge is 2.24. The van der Waals surface area contributed by atoms with Gasteiger partial charge in [-0.1, -0.05) is 23.8 Å². The maximum atomic E-state index is 13.1. The summed E-state index contributed by atoms with van der Waals surface area (Å²) in [7, 11) is 0. The highest BCUT2D eigenvalue weighted by molar-refractivity contribution is 6.08. The van der Waals surface area contributed by atoms with Crippen LogP contribution in [0.5, 0.6) is 0 Å². The molecule has 0 saturated heterocycles. The number of hydrogen-bond donors (Lipinski definition) is 1. The third kappa shape index (κ3) is 3.99. The summed E-state index contributed by atoms with van der Waals surface area (Å²) in [4.78, 5) is 27.7. The van der Waals surface area contributed by atoms with Crippen LogP contribution in [0.25, 0.3) is 0 Å². The van der Waals surface area contributed by atoms with Crippen molar-refractivity contribution in [2.45, 2.75) is 33.6 Å². The van der Waals surface area contributed by atoms with Crippen molar-refractivity contribution in [3.63, 3.8) is 0 Å². The third-order valence-electron chi connectivity index (χ3n) is 5.74. The van der Waals surface area contributed by atoms with Crippen LogP contribution in [-0.2, 0) is 6.42 Å². The lowest BCUT2D eigenvalue weighted by Gasteiger charge is -2.30. The van der Waals surface area contributed by atoms with Crippen LogP contribution in [0, 0.1) is 20.8 Å². The number of carbonyl (C=O) groups excluding carboxylic acids is 2. The van der Waals surface area contributed by atoms with Crippen LogP contribution in [0.4, 0.5) is 11.4 Å². The molecule has 1 heterocycles. The summed E-state index contributed by atoms with van der Waals surface area (Å²) in [5.41, 5.74) is 7.43. The van der Waals surface area contributed by atoms with E-state index < -0.39 is 0 Å². The number of benzene rings is 3. The lowest BCUT2D eigenvalue weighted by molar-refractivity contribution is 0.0984. The predicted molar refractivity (Wildman–Crippen MR) is 121 cm³/mol. The molecule has 4 heteroatoms. The van der Waals surface area contributed by atoms with Gasteiger partial charge in [0.15, 0.2) is 0 Å². The van der Waals surface area contributed by atoms with E-state index in [9.17, 15) is 9.59 Å². The molecule has 0 saturated carbocycles. The van der Waals surface area contributed by atoms with Gasteiger partial charge in [-0.05, 0) is 92.8 Å². The van der Waals surface area contributed by atoms with E-state index in [0.717, 1.165) is 40.9 Å². The molecule has 0 fully saturated rings. The molecule has 30 heavy (non-hydrogen) atoms. The zero-order chi connectivity index (χ0) is 21.3. The Morgan fingerprint density at radius 2 is 1.70 bits per heavy atom. The molecule has 0 aromatic heterocycles. The molecule has 0 unspecified atom stereocenters. The maximum Gasteiger partial charge on any atom is 0.258 e. The number of hydrogen-bond acceptors (Lipinski definition) is 2.